The highest BCUT2D eigenvalue weighted by Crippen LogP contribution is 2.27. The number of ether oxygens (including phenoxy) is 1. The highest BCUT2D eigenvalue weighted by Gasteiger charge is 2.24. The lowest BCUT2D eigenvalue weighted by Gasteiger charge is -2.17. The minimum absolute atomic E-state index is 0.119. The highest BCUT2D eigenvalue weighted by molar-refractivity contribution is 8.14. The number of nitrogens with one attached hydrogen (secondary N) is 3. The van der Waals surface area contributed by atoms with Crippen molar-refractivity contribution in [3.05, 3.63) is 40.3 Å². The lowest BCUT2D eigenvalue weighted by Crippen LogP contribution is -2.34. The third-order valence-corrected chi connectivity index (χ3v) is 6.23. The largest absolute Gasteiger partial charge is 0.463 e. The highest BCUT2D eigenvalue weighted by atomic mass is 35.5. The average molecular weight is 479 g/mol. The Kier molecular flexibility index (Phi) is 8.50. The molecule has 1 aliphatic heterocycles. The molecule has 2 rings (SSSR count). The van der Waals surface area contributed by atoms with Crippen LogP contribution in [0, 0.1) is 5.82 Å². The number of nitrogens with zero attached hydrogens (tertiary/aromatic N) is 1. The smallest absolute Gasteiger partial charge is 0.332 e. The van der Waals surface area contributed by atoms with E-state index in [-0.39, 0.29) is 34.0 Å². The number of anilines is 1. The summed E-state index contributed by atoms with van der Waals surface area (Å²) in [7, 11) is -3.76. The van der Waals surface area contributed by atoms with Crippen LogP contribution in [-0.2, 0) is 19.6 Å². The molecule has 0 aromatic heterocycles. The number of hydrogen-bond acceptors (Lipinski definition) is 8. The molecule has 30 heavy (non-hydrogen) atoms. The number of amides is 1. The van der Waals surface area contributed by atoms with Crippen LogP contribution in [0.25, 0.3) is 0 Å². The number of rotatable bonds is 7. The molecule has 0 saturated carbocycles. The number of sulfonamides is 1. The molecule has 0 fully saturated rings. The molecule has 1 aromatic carbocycles. The lowest BCUT2D eigenvalue weighted by atomic mass is 10.1. The Labute approximate surface area is 182 Å². The quantitative estimate of drug-likeness (QED) is 0.405. The van der Waals surface area contributed by atoms with E-state index in [2.05, 4.69) is 20.6 Å². The van der Waals surface area contributed by atoms with E-state index < -0.39 is 33.3 Å². The van der Waals surface area contributed by atoms with Crippen LogP contribution in [0.15, 0.2) is 29.0 Å². The second-order valence-electron chi connectivity index (χ2n) is 5.90. The summed E-state index contributed by atoms with van der Waals surface area (Å²) in [5, 5.41) is 6.22. The van der Waals surface area contributed by atoms with Crippen LogP contribution >= 0.6 is 23.4 Å². The van der Waals surface area contributed by atoms with Gasteiger partial charge in [-0.15, -0.1) is 0 Å². The molecule has 0 spiro atoms. The molecular weight excluding hydrogens is 459 g/mol. The van der Waals surface area contributed by atoms with Crippen molar-refractivity contribution in [2.45, 2.75) is 20.3 Å². The van der Waals surface area contributed by atoms with E-state index >= 15 is 0 Å². The first kappa shape index (κ1) is 24.0. The molecule has 9 nitrogen and oxygen atoms in total. The number of thioether (sulfide) groups is 1. The molecule has 1 aliphatic rings. The Balaban J connectivity index is 2.15. The van der Waals surface area contributed by atoms with Crippen molar-refractivity contribution in [2.24, 2.45) is 5.10 Å². The molecule has 1 aromatic rings. The summed E-state index contributed by atoms with van der Waals surface area (Å²) in [6, 6.07) is 2.36. The maximum atomic E-state index is 14.8. The van der Waals surface area contributed by atoms with Crippen LogP contribution < -0.4 is 15.5 Å². The molecule has 0 bridgehead atoms. The Morgan fingerprint density at radius 1 is 1.40 bits per heavy atom. The van der Waals surface area contributed by atoms with Crippen molar-refractivity contribution in [1.29, 1.82) is 0 Å². The van der Waals surface area contributed by atoms with Gasteiger partial charge in [-0.05, 0) is 25.5 Å². The maximum Gasteiger partial charge on any atom is 0.332 e. The van der Waals surface area contributed by atoms with Gasteiger partial charge >= 0.3 is 5.97 Å². The van der Waals surface area contributed by atoms with Gasteiger partial charge < -0.3 is 4.74 Å². The molecule has 0 unspecified atom stereocenters. The summed E-state index contributed by atoms with van der Waals surface area (Å²) < 4.78 is 45.5. The van der Waals surface area contributed by atoms with Crippen LogP contribution in [0.5, 0.6) is 0 Å². The minimum atomic E-state index is -3.76. The fraction of sp³-hybridized carbons (Fsp3) is 0.353. The summed E-state index contributed by atoms with van der Waals surface area (Å²) in [5.74, 6) is -2.45. The predicted molar refractivity (Wildman–Crippen MR) is 114 cm³/mol. The predicted octanol–water partition coefficient (Wildman–Crippen LogP) is 2.42. The number of esters is 1. The Morgan fingerprint density at radius 3 is 2.73 bits per heavy atom. The Morgan fingerprint density at radius 2 is 2.13 bits per heavy atom. The number of carbonyl (C=O) groups is 2. The van der Waals surface area contributed by atoms with Gasteiger partial charge in [-0.25, -0.2) is 17.6 Å². The van der Waals surface area contributed by atoms with E-state index in [1.165, 1.54) is 12.1 Å². The molecule has 13 heteroatoms. The van der Waals surface area contributed by atoms with Crippen molar-refractivity contribution in [3.8, 4) is 0 Å². The molecule has 164 valence electrons. The summed E-state index contributed by atoms with van der Waals surface area (Å²) in [6.07, 6.45) is 1.58. The molecule has 0 saturated heterocycles. The monoisotopic (exact) mass is 478 g/mol. The fourth-order valence-corrected chi connectivity index (χ4v) is 4.36. The zero-order valence-electron chi connectivity index (χ0n) is 16.1. The van der Waals surface area contributed by atoms with Crippen molar-refractivity contribution in [1.82, 2.24) is 10.7 Å². The Hall–Kier alpha value is -2.31. The molecule has 0 aliphatic carbocycles. The maximum absolute atomic E-state index is 14.8. The van der Waals surface area contributed by atoms with Gasteiger partial charge in [0.05, 0.1) is 34.3 Å². The van der Waals surface area contributed by atoms with Crippen molar-refractivity contribution in [2.75, 3.05) is 22.8 Å². The van der Waals surface area contributed by atoms with Gasteiger partial charge in [-0.2, -0.15) is 5.10 Å². The molecule has 1 amide bonds. The van der Waals surface area contributed by atoms with Crippen LogP contribution in [0.4, 0.5) is 10.1 Å². The van der Waals surface area contributed by atoms with E-state index in [9.17, 15) is 22.4 Å². The normalized spacial score (nSPS) is 15.2. The van der Waals surface area contributed by atoms with Crippen LogP contribution in [0.1, 0.15) is 30.6 Å². The molecule has 0 atom stereocenters. The number of benzene rings is 1. The molecular formula is C17H20ClFN4O5S2. The van der Waals surface area contributed by atoms with Crippen molar-refractivity contribution in [3.63, 3.8) is 0 Å². The zero-order valence-corrected chi connectivity index (χ0v) is 18.5. The van der Waals surface area contributed by atoms with E-state index in [0.717, 1.165) is 17.8 Å². The molecule has 1 heterocycles. The molecule has 3 N–H and O–H groups in total. The van der Waals surface area contributed by atoms with Gasteiger partial charge in [-0.3, -0.25) is 20.3 Å². The number of amidine groups is 1. The Bertz CT molecular complexity index is 998. The zero-order chi connectivity index (χ0) is 22.3. The topological polar surface area (TPSA) is 126 Å². The average Bonchev–Trinajstić information content (AvgIpc) is 2.66. The minimum Gasteiger partial charge on any atom is -0.463 e. The first-order chi connectivity index (χ1) is 14.2. The number of hydrazone groups is 1. The summed E-state index contributed by atoms with van der Waals surface area (Å²) in [5.41, 5.74) is 2.16. The summed E-state index contributed by atoms with van der Waals surface area (Å²) >= 11 is 7.05. The second-order valence-corrected chi connectivity index (χ2v) is 9.11. The van der Waals surface area contributed by atoms with E-state index in [1.54, 1.807) is 13.8 Å². The first-order valence-corrected chi connectivity index (χ1v) is 11.8. The number of carbonyl (C=O) groups excluding carboxylic acids is 2. The van der Waals surface area contributed by atoms with Gasteiger partial charge in [0.2, 0.25) is 10.0 Å². The fourth-order valence-electron chi connectivity index (χ4n) is 2.28. The van der Waals surface area contributed by atoms with Gasteiger partial charge in [0.1, 0.15) is 0 Å². The van der Waals surface area contributed by atoms with E-state index in [1.807, 2.05) is 0 Å². The van der Waals surface area contributed by atoms with Crippen LogP contribution in [0.3, 0.4) is 0 Å². The second kappa shape index (κ2) is 10.6. The van der Waals surface area contributed by atoms with Gasteiger partial charge in [0, 0.05) is 11.8 Å². The third kappa shape index (κ3) is 6.61. The van der Waals surface area contributed by atoms with Gasteiger partial charge in [0.15, 0.2) is 11.0 Å². The lowest BCUT2D eigenvalue weighted by molar-refractivity contribution is -0.137. The standard InChI is InChI=1S/C17H20ClFN4O5S2/c1-3-7-30(26,27)23-12-6-5-11(18)14(15(12)19)16(25)20-17-22-21-10(9-29-17)8-13(24)28-4-2/h5-6,8,21,23H,3-4,7,9H2,1-2H3,(H,20,22,25)/b10-8+. The third-order valence-electron chi connectivity index (χ3n) is 3.52. The van der Waals surface area contributed by atoms with Crippen molar-refractivity contribution >= 4 is 56.1 Å². The summed E-state index contributed by atoms with van der Waals surface area (Å²) in [6.45, 7) is 3.58. The first-order valence-electron chi connectivity index (χ1n) is 8.80. The SMILES string of the molecule is CCCS(=O)(=O)Nc1ccc(Cl)c(C(=O)NC2=NN/C(=C/C(=O)OCC)CS2)c1F. The van der Waals surface area contributed by atoms with E-state index in [0.29, 0.717) is 12.1 Å². The van der Waals surface area contributed by atoms with Gasteiger partial charge in [-0.1, -0.05) is 30.3 Å². The van der Waals surface area contributed by atoms with E-state index in [4.69, 9.17) is 16.3 Å². The van der Waals surface area contributed by atoms with Gasteiger partial charge in [0.25, 0.3) is 5.91 Å². The van der Waals surface area contributed by atoms with Crippen LogP contribution in [0.2, 0.25) is 5.02 Å². The van der Waals surface area contributed by atoms with Crippen molar-refractivity contribution < 1.29 is 27.1 Å². The number of halogens is 2. The number of hydrogen-bond donors (Lipinski definition) is 3. The van der Waals surface area contributed by atoms with Crippen LogP contribution in [-0.4, -0.2) is 43.6 Å². The molecule has 0 radical (unpaired) electrons. The summed E-state index contributed by atoms with van der Waals surface area (Å²) in [4.78, 5) is 24.0.